The van der Waals surface area contributed by atoms with Crippen molar-refractivity contribution in [1.29, 1.82) is 0 Å². The molecule has 0 N–H and O–H groups in total. The fourth-order valence-corrected chi connectivity index (χ4v) is 4.69. The Kier molecular flexibility index (Phi) is 6.10. The quantitative estimate of drug-likeness (QED) is 0.159. The summed E-state index contributed by atoms with van der Waals surface area (Å²) < 4.78 is 9.12. The predicted molar refractivity (Wildman–Crippen MR) is 101 cm³/mol. The van der Waals surface area contributed by atoms with Crippen LogP contribution in [0.15, 0.2) is 46.6 Å². The highest BCUT2D eigenvalue weighted by molar-refractivity contribution is 9.15. The first-order valence-electron chi connectivity index (χ1n) is 5.63. The highest BCUT2D eigenvalue weighted by Crippen LogP contribution is 2.48. The number of hydrogen-bond acceptors (Lipinski definition) is 2. The number of carbonyl (C=O) groups excluding carboxylic acids is 1. The van der Waals surface area contributed by atoms with Crippen molar-refractivity contribution in [1.82, 2.24) is 0 Å². The molecule has 0 aliphatic heterocycles. The summed E-state index contributed by atoms with van der Waals surface area (Å²) in [6, 6.07) is 7.22. The van der Waals surface area contributed by atoms with Gasteiger partial charge in [0.1, 0.15) is 0 Å². The van der Waals surface area contributed by atoms with E-state index in [-0.39, 0.29) is 0 Å². The lowest BCUT2D eigenvalue weighted by Gasteiger charge is -2.13. The van der Waals surface area contributed by atoms with E-state index in [1.807, 2.05) is 19.1 Å². The van der Waals surface area contributed by atoms with Crippen LogP contribution in [-0.2, 0) is 0 Å². The molecule has 0 spiro atoms. The van der Waals surface area contributed by atoms with Gasteiger partial charge in [-0.05, 0) is 98.7 Å². The zero-order valence-electron chi connectivity index (χ0n) is 10.5. The lowest BCUT2D eigenvalue weighted by Crippen LogP contribution is -2.09. The lowest BCUT2D eigenvalue weighted by molar-refractivity contribution is 0.0732. The monoisotopic (exact) mass is 602 g/mol. The first-order valence-corrected chi connectivity index (χ1v) is 9.59. The number of hydrogen-bond donors (Lipinski definition) is 0. The van der Waals surface area contributed by atoms with Crippen LogP contribution in [0, 0.1) is 6.92 Å². The molecule has 0 saturated carbocycles. The molecule has 0 fully saturated rings. The Hall–Kier alpha value is 0.310. The van der Waals surface area contributed by atoms with Gasteiger partial charge in [-0.3, -0.25) is 0 Å². The van der Waals surface area contributed by atoms with Crippen LogP contribution in [0.1, 0.15) is 15.9 Å². The van der Waals surface area contributed by atoms with Crippen LogP contribution < -0.4 is 4.74 Å². The Morgan fingerprint density at radius 3 is 1.71 bits per heavy atom. The summed E-state index contributed by atoms with van der Waals surface area (Å²) in [5.74, 6) is -0.0138. The molecule has 2 aromatic carbocycles. The molecule has 0 bridgehead atoms. The molecule has 0 aromatic heterocycles. The Bertz CT molecular complexity index is 681. The van der Waals surface area contributed by atoms with Crippen LogP contribution in [0.5, 0.6) is 5.75 Å². The van der Waals surface area contributed by atoms with Crippen LogP contribution in [0.4, 0.5) is 0 Å². The molecule has 0 aliphatic rings. The summed E-state index contributed by atoms with van der Waals surface area (Å²) in [5.41, 5.74) is 1.58. The molecule has 0 heterocycles. The Balaban J connectivity index is 2.40. The fraction of sp³-hybridized carbons (Fsp3) is 0.0714. The van der Waals surface area contributed by atoms with Gasteiger partial charge in [0.05, 0.1) is 23.5 Å². The van der Waals surface area contributed by atoms with Gasteiger partial charge in [-0.25, -0.2) is 4.79 Å². The zero-order valence-corrected chi connectivity index (χ0v) is 18.4. The second-order valence-corrected chi connectivity index (χ2v) is 8.12. The van der Waals surface area contributed by atoms with Crippen molar-refractivity contribution in [2.75, 3.05) is 0 Å². The summed E-state index contributed by atoms with van der Waals surface area (Å²) in [5, 5.41) is 0. The molecular weight excluding hydrogens is 600 g/mol. The predicted octanol–water partition coefficient (Wildman–Crippen LogP) is 7.03. The van der Waals surface area contributed by atoms with Crippen molar-refractivity contribution in [3.05, 3.63) is 57.8 Å². The SMILES string of the molecule is Cc1ccc(C(=O)Oc2c(Br)c(Br)c(Br)c(Br)c2Br)cc1. The minimum atomic E-state index is -0.419. The van der Waals surface area contributed by atoms with Gasteiger partial charge in [0.15, 0.2) is 5.75 Å². The third-order valence-electron chi connectivity index (χ3n) is 2.65. The van der Waals surface area contributed by atoms with Gasteiger partial charge in [-0.2, -0.15) is 0 Å². The largest absolute Gasteiger partial charge is 0.420 e. The van der Waals surface area contributed by atoms with E-state index >= 15 is 0 Å². The van der Waals surface area contributed by atoms with E-state index < -0.39 is 5.97 Å². The van der Waals surface area contributed by atoms with Crippen molar-refractivity contribution in [2.24, 2.45) is 0 Å². The summed E-state index contributed by atoms with van der Waals surface area (Å²) >= 11 is 17.2. The Labute approximate surface area is 164 Å². The molecule has 0 unspecified atom stereocenters. The average molecular weight is 607 g/mol. The number of esters is 1. The van der Waals surface area contributed by atoms with Crippen molar-refractivity contribution in [3.8, 4) is 5.75 Å². The van der Waals surface area contributed by atoms with Gasteiger partial charge in [-0.15, -0.1) is 0 Å². The van der Waals surface area contributed by atoms with E-state index in [0.29, 0.717) is 20.3 Å². The average Bonchev–Trinajstić information content (AvgIpc) is 2.48. The molecule has 0 atom stereocenters. The number of rotatable bonds is 2. The maximum atomic E-state index is 12.2. The van der Waals surface area contributed by atoms with Crippen molar-refractivity contribution < 1.29 is 9.53 Å². The topological polar surface area (TPSA) is 26.3 Å². The van der Waals surface area contributed by atoms with Gasteiger partial charge >= 0.3 is 5.97 Å². The van der Waals surface area contributed by atoms with Gasteiger partial charge < -0.3 is 4.74 Å². The van der Waals surface area contributed by atoms with Crippen LogP contribution in [-0.4, -0.2) is 5.97 Å². The summed E-state index contributed by atoms with van der Waals surface area (Å²) in [4.78, 5) is 12.2. The first-order chi connectivity index (χ1) is 9.82. The standard InChI is InChI=1S/C14H7Br5O2/c1-6-2-4-7(5-3-6)14(20)21-13-11(18)9(16)8(15)10(17)12(13)19/h2-5H,1H3. The molecule has 0 aliphatic carbocycles. The third-order valence-corrected chi connectivity index (χ3v) is 8.67. The molecule has 2 nitrogen and oxygen atoms in total. The lowest BCUT2D eigenvalue weighted by atomic mass is 10.1. The molecule has 0 saturated heterocycles. The Morgan fingerprint density at radius 1 is 0.810 bits per heavy atom. The number of aryl methyl sites for hydroxylation is 1. The number of halogens is 5. The third kappa shape index (κ3) is 3.80. The first kappa shape index (κ1) is 17.7. The van der Waals surface area contributed by atoms with E-state index in [4.69, 9.17) is 4.74 Å². The molecule has 110 valence electrons. The van der Waals surface area contributed by atoms with Crippen molar-refractivity contribution in [3.63, 3.8) is 0 Å². The summed E-state index contributed by atoms with van der Waals surface area (Å²) in [6.45, 7) is 1.96. The van der Waals surface area contributed by atoms with E-state index in [1.54, 1.807) is 12.1 Å². The van der Waals surface area contributed by atoms with Crippen molar-refractivity contribution in [2.45, 2.75) is 6.92 Å². The minimum absolute atomic E-state index is 0.405. The number of carbonyl (C=O) groups is 1. The highest BCUT2D eigenvalue weighted by Gasteiger charge is 2.21. The Morgan fingerprint density at radius 2 is 1.24 bits per heavy atom. The smallest absolute Gasteiger partial charge is 0.343 e. The van der Waals surface area contributed by atoms with Crippen LogP contribution in [0.25, 0.3) is 0 Å². The molecular formula is C14H7Br5O2. The number of benzene rings is 2. The molecule has 2 rings (SSSR count). The second-order valence-electron chi connectivity index (χ2n) is 4.15. The van der Waals surface area contributed by atoms with Gasteiger partial charge in [0, 0.05) is 4.47 Å². The van der Waals surface area contributed by atoms with Crippen molar-refractivity contribution >= 4 is 85.6 Å². The molecule has 7 heteroatoms. The second kappa shape index (κ2) is 7.25. The van der Waals surface area contributed by atoms with Crippen LogP contribution >= 0.6 is 79.6 Å². The maximum absolute atomic E-state index is 12.2. The van der Waals surface area contributed by atoms with Crippen LogP contribution in [0.3, 0.4) is 0 Å². The van der Waals surface area contributed by atoms with Gasteiger partial charge in [-0.1, -0.05) is 17.7 Å². The fourth-order valence-electron chi connectivity index (χ4n) is 1.52. The van der Waals surface area contributed by atoms with E-state index in [9.17, 15) is 4.79 Å². The minimum Gasteiger partial charge on any atom is -0.420 e. The van der Waals surface area contributed by atoms with E-state index in [2.05, 4.69) is 79.6 Å². The number of ether oxygens (including phenoxy) is 1. The van der Waals surface area contributed by atoms with Crippen LogP contribution in [0.2, 0.25) is 0 Å². The zero-order chi connectivity index (χ0) is 15.7. The normalized spacial score (nSPS) is 10.6. The van der Waals surface area contributed by atoms with Gasteiger partial charge in [0.25, 0.3) is 0 Å². The molecule has 0 radical (unpaired) electrons. The van der Waals surface area contributed by atoms with Gasteiger partial charge in [0.2, 0.25) is 0 Å². The molecule has 0 amide bonds. The molecule has 21 heavy (non-hydrogen) atoms. The highest BCUT2D eigenvalue weighted by atomic mass is 79.9. The summed E-state index contributed by atoms with van der Waals surface area (Å²) in [7, 11) is 0. The van der Waals surface area contributed by atoms with E-state index in [1.165, 1.54) is 0 Å². The molecule has 2 aromatic rings. The maximum Gasteiger partial charge on any atom is 0.343 e. The van der Waals surface area contributed by atoms with E-state index in [0.717, 1.165) is 19.0 Å². The summed E-state index contributed by atoms with van der Waals surface area (Å²) in [6.07, 6.45) is 0.